The second-order valence-electron chi connectivity index (χ2n) is 6.82. The Morgan fingerprint density at radius 3 is 2.25 bits per heavy atom. The van der Waals surface area contributed by atoms with Crippen molar-refractivity contribution in [1.29, 1.82) is 0 Å². The first-order chi connectivity index (χ1) is 13.4. The lowest BCUT2D eigenvalue weighted by atomic mass is 9.88. The van der Waals surface area contributed by atoms with Gasteiger partial charge in [-0.1, -0.05) is 18.2 Å². The number of benzene rings is 2. The van der Waals surface area contributed by atoms with Crippen LogP contribution in [0.25, 0.3) is 10.1 Å². The van der Waals surface area contributed by atoms with Crippen LogP contribution in [0.5, 0.6) is 0 Å². The molecule has 3 nitrogen and oxygen atoms in total. The van der Waals surface area contributed by atoms with E-state index in [-0.39, 0.29) is 5.91 Å². The van der Waals surface area contributed by atoms with Gasteiger partial charge in [-0.2, -0.15) is 0 Å². The van der Waals surface area contributed by atoms with Crippen LogP contribution >= 0.6 is 11.3 Å². The number of rotatable bonds is 3. The first-order valence-corrected chi connectivity index (χ1v) is 9.72. The molecule has 0 radical (unpaired) electrons. The maximum Gasteiger partial charge on any atom is 0.263 e. The molecule has 1 fully saturated rings. The van der Waals surface area contributed by atoms with E-state index >= 15 is 0 Å². The first-order valence-electron chi connectivity index (χ1n) is 8.90. The number of nitrogens with zero attached hydrogens (tertiary/aromatic N) is 1. The maximum atomic E-state index is 13.9. The molecular formula is C21H16F3NO2S. The van der Waals surface area contributed by atoms with Gasteiger partial charge >= 0.3 is 0 Å². The van der Waals surface area contributed by atoms with E-state index in [0.29, 0.717) is 42.9 Å². The Morgan fingerprint density at radius 2 is 1.61 bits per heavy atom. The molecule has 1 saturated heterocycles. The molecule has 1 aromatic heterocycles. The van der Waals surface area contributed by atoms with E-state index in [1.54, 1.807) is 4.90 Å². The molecule has 7 heteroatoms. The summed E-state index contributed by atoms with van der Waals surface area (Å²) in [7, 11) is 0. The lowest BCUT2D eigenvalue weighted by Crippen LogP contribution is -2.40. The number of hydrogen-bond donors (Lipinski definition) is 0. The number of piperidine rings is 1. The van der Waals surface area contributed by atoms with Crippen molar-refractivity contribution in [3.8, 4) is 0 Å². The average Bonchev–Trinajstić information content (AvgIpc) is 3.11. The molecule has 0 spiro atoms. The van der Waals surface area contributed by atoms with E-state index in [9.17, 15) is 22.8 Å². The van der Waals surface area contributed by atoms with E-state index in [0.717, 1.165) is 10.1 Å². The predicted octanol–water partition coefficient (Wildman–Crippen LogP) is 5.05. The van der Waals surface area contributed by atoms with Crippen LogP contribution in [0.2, 0.25) is 0 Å². The number of fused-ring (bicyclic) bond motifs is 1. The number of carbonyl (C=O) groups excluding carboxylic acids is 2. The van der Waals surface area contributed by atoms with Crippen molar-refractivity contribution < 1.29 is 22.8 Å². The molecule has 0 bridgehead atoms. The van der Waals surface area contributed by atoms with Gasteiger partial charge in [0.05, 0.1) is 10.4 Å². The van der Waals surface area contributed by atoms with E-state index < -0.39 is 34.7 Å². The molecule has 0 N–H and O–H groups in total. The van der Waals surface area contributed by atoms with Gasteiger partial charge in [-0.15, -0.1) is 11.3 Å². The zero-order valence-electron chi connectivity index (χ0n) is 14.8. The minimum Gasteiger partial charge on any atom is -0.338 e. The molecule has 3 aromatic rings. The summed E-state index contributed by atoms with van der Waals surface area (Å²) < 4.78 is 41.8. The molecule has 1 aliphatic rings. The van der Waals surface area contributed by atoms with Crippen LogP contribution in [0.4, 0.5) is 13.2 Å². The summed E-state index contributed by atoms with van der Waals surface area (Å²) in [6.07, 6.45) is 0.622. The molecule has 2 aromatic carbocycles. The normalized spacial score (nSPS) is 15.2. The zero-order chi connectivity index (χ0) is 19.8. The molecule has 1 amide bonds. The summed E-state index contributed by atoms with van der Waals surface area (Å²) in [6.45, 7) is 0.655. The Hall–Kier alpha value is -2.67. The molecule has 2 heterocycles. The van der Waals surface area contributed by atoms with Crippen molar-refractivity contribution in [3.05, 3.63) is 70.4 Å². The summed E-state index contributed by atoms with van der Waals surface area (Å²) in [6, 6.07) is 10.6. The number of carbonyl (C=O) groups is 2. The molecule has 0 unspecified atom stereocenters. The highest BCUT2D eigenvalue weighted by Crippen LogP contribution is 2.29. The fourth-order valence-corrected chi connectivity index (χ4v) is 4.60. The monoisotopic (exact) mass is 403 g/mol. The lowest BCUT2D eigenvalue weighted by molar-refractivity contribution is 0.0651. The number of likely N-dealkylation sites (tertiary alicyclic amines) is 1. The summed E-state index contributed by atoms with van der Waals surface area (Å²) in [5.41, 5.74) is -0.698. The average molecular weight is 403 g/mol. The van der Waals surface area contributed by atoms with Crippen molar-refractivity contribution in [2.24, 2.45) is 5.92 Å². The standard InChI is InChI=1S/C21H16F3NO2S/c22-14-10-15(23)19(16(24)11-14)20(26)12-5-7-25(8-6-12)21(27)18-9-13-3-1-2-4-17(13)28-18/h1-4,9-12H,5-8H2. The number of thiophene rings is 1. The summed E-state index contributed by atoms with van der Waals surface area (Å²) in [5.74, 6) is -4.82. The maximum absolute atomic E-state index is 13.9. The van der Waals surface area contributed by atoms with Crippen LogP contribution in [-0.4, -0.2) is 29.7 Å². The number of hydrogen-bond acceptors (Lipinski definition) is 3. The SMILES string of the molecule is O=C(c1c(F)cc(F)cc1F)C1CCN(C(=O)c2cc3ccccc3s2)CC1. The predicted molar refractivity (Wildman–Crippen MR) is 101 cm³/mol. The lowest BCUT2D eigenvalue weighted by Gasteiger charge is -2.31. The summed E-state index contributed by atoms with van der Waals surface area (Å²) in [5, 5.41) is 1.00. The van der Waals surface area contributed by atoms with E-state index in [1.807, 2.05) is 30.3 Å². The van der Waals surface area contributed by atoms with Crippen molar-refractivity contribution >= 4 is 33.1 Å². The van der Waals surface area contributed by atoms with Gasteiger partial charge < -0.3 is 4.90 Å². The smallest absolute Gasteiger partial charge is 0.263 e. The highest BCUT2D eigenvalue weighted by molar-refractivity contribution is 7.20. The number of amides is 1. The van der Waals surface area contributed by atoms with Crippen LogP contribution in [0.1, 0.15) is 32.9 Å². The van der Waals surface area contributed by atoms with E-state index in [1.165, 1.54) is 11.3 Å². The molecule has 4 rings (SSSR count). The molecular weight excluding hydrogens is 387 g/mol. The third-order valence-electron chi connectivity index (χ3n) is 5.04. The van der Waals surface area contributed by atoms with Gasteiger partial charge in [0, 0.05) is 35.8 Å². The zero-order valence-corrected chi connectivity index (χ0v) is 15.6. The minimum absolute atomic E-state index is 0.105. The van der Waals surface area contributed by atoms with Gasteiger partial charge in [0.25, 0.3) is 5.91 Å². The van der Waals surface area contributed by atoms with Crippen LogP contribution in [0.15, 0.2) is 42.5 Å². The summed E-state index contributed by atoms with van der Waals surface area (Å²) >= 11 is 1.42. The minimum atomic E-state index is -1.19. The highest BCUT2D eigenvalue weighted by Gasteiger charge is 2.32. The van der Waals surface area contributed by atoms with Gasteiger partial charge in [0.1, 0.15) is 17.5 Å². The fourth-order valence-electron chi connectivity index (χ4n) is 3.57. The van der Waals surface area contributed by atoms with Crippen LogP contribution < -0.4 is 0 Å². The number of ketones is 1. The van der Waals surface area contributed by atoms with Gasteiger partial charge in [-0.3, -0.25) is 9.59 Å². The van der Waals surface area contributed by atoms with Crippen LogP contribution in [0, 0.1) is 23.4 Å². The topological polar surface area (TPSA) is 37.4 Å². The van der Waals surface area contributed by atoms with Crippen LogP contribution in [0.3, 0.4) is 0 Å². The molecule has 144 valence electrons. The van der Waals surface area contributed by atoms with Gasteiger partial charge in [0.15, 0.2) is 5.78 Å². The number of halogens is 3. The van der Waals surface area contributed by atoms with Crippen LogP contribution in [-0.2, 0) is 0 Å². The highest BCUT2D eigenvalue weighted by atomic mass is 32.1. The van der Waals surface area contributed by atoms with Gasteiger partial charge in [-0.05, 0) is 30.4 Å². The molecule has 0 saturated carbocycles. The third-order valence-corrected chi connectivity index (χ3v) is 6.15. The Bertz CT molecular complexity index is 1010. The molecule has 0 atom stereocenters. The van der Waals surface area contributed by atoms with Crippen molar-refractivity contribution in [2.45, 2.75) is 12.8 Å². The Labute approximate surface area is 163 Å². The fraction of sp³-hybridized carbons (Fsp3) is 0.238. The first kappa shape index (κ1) is 18.7. The second-order valence-corrected chi connectivity index (χ2v) is 7.91. The van der Waals surface area contributed by atoms with E-state index in [2.05, 4.69) is 0 Å². The molecule has 1 aliphatic heterocycles. The third kappa shape index (κ3) is 3.42. The summed E-state index contributed by atoms with van der Waals surface area (Å²) in [4.78, 5) is 27.5. The largest absolute Gasteiger partial charge is 0.338 e. The van der Waals surface area contributed by atoms with Crippen molar-refractivity contribution in [2.75, 3.05) is 13.1 Å². The Kier molecular flexibility index (Phi) is 4.93. The van der Waals surface area contributed by atoms with Crippen molar-refractivity contribution in [1.82, 2.24) is 4.90 Å². The van der Waals surface area contributed by atoms with Gasteiger partial charge in [-0.25, -0.2) is 13.2 Å². The quantitative estimate of drug-likeness (QED) is 0.574. The Morgan fingerprint density at radius 1 is 0.964 bits per heavy atom. The van der Waals surface area contributed by atoms with E-state index in [4.69, 9.17) is 0 Å². The second kappa shape index (κ2) is 7.39. The van der Waals surface area contributed by atoms with Crippen molar-refractivity contribution in [3.63, 3.8) is 0 Å². The Balaban J connectivity index is 1.46. The molecule has 0 aliphatic carbocycles. The number of Topliss-reactive ketones (excluding diaryl/α,β-unsaturated/α-hetero) is 1. The molecule has 28 heavy (non-hydrogen) atoms. The van der Waals surface area contributed by atoms with Gasteiger partial charge in [0.2, 0.25) is 0 Å².